The van der Waals surface area contributed by atoms with Crippen LogP contribution in [0.4, 0.5) is 0 Å². The Bertz CT molecular complexity index is 1100. The molecule has 0 aliphatic rings. The van der Waals surface area contributed by atoms with Crippen molar-refractivity contribution in [3.05, 3.63) is 63.2 Å². The van der Waals surface area contributed by atoms with Gasteiger partial charge >= 0.3 is 0 Å². The van der Waals surface area contributed by atoms with Crippen LogP contribution in [0.15, 0.2) is 41.2 Å². The number of methoxy groups -OCH3 is 2. The molecule has 1 amide bonds. The van der Waals surface area contributed by atoms with E-state index in [0.29, 0.717) is 45.4 Å². The smallest absolute Gasteiger partial charge is 0.258 e. The second kappa shape index (κ2) is 8.96. The summed E-state index contributed by atoms with van der Waals surface area (Å²) >= 11 is 6.03. The highest BCUT2D eigenvalue weighted by atomic mass is 35.5. The number of H-pyrrole nitrogens is 1. The fourth-order valence-electron chi connectivity index (χ4n) is 3.08. The van der Waals surface area contributed by atoms with E-state index >= 15 is 0 Å². The molecule has 0 spiro atoms. The summed E-state index contributed by atoms with van der Waals surface area (Å²) in [6.07, 6.45) is 0.744. The van der Waals surface area contributed by atoms with E-state index in [4.69, 9.17) is 21.1 Å². The number of carbonyl (C=O) groups excluding carboxylic acids is 1. The number of hydrogen-bond acceptors (Lipinski definition) is 5. The van der Waals surface area contributed by atoms with Crippen molar-refractivity contribution < 1.29 is 14.3 Å². The fraction of sp³-hybridized carbons (Fsp3) is 0.286. The maximum absolute atomic E-state index is 13.2. The third-order valence-electron chi connectivity index (χ3n) is 4.48. The van der Waals surface area contributed by atoms with E-state index in [0.717, 1.165) is 6.42 Å². The van der Waals surface area contributed by atoms with Crippen molar-refractivity contribution in [1.82, 2.24) is 14.9 Å². The summed E-state index contributed by atoms with van der Waals surface area (Å²) < 4.78 is 10.6. The fourth-order valence-corrected chi connectivity index (χ4v) is 3.25. The molecule has 152 valence electrons. The molecule has 0 unspecified atom stereocenters. The summed E-state index contributed by atoms with van der Waals surface area (Å²) in [4.78, 5) is 34.4. The van der Waals surface area contributed by atoms with E-state index in [1.165, 1.54) is 7.11 Å². The van der Waals surface area contributed by atoms with Gasteiger partial charge in [-0.2, -0.15) is 0 Å². The van der Waals surface area contributed by atoms with Crippen LogP contribution in [-0.4, -0.2) is 41.5 Å². The van der Waals surface area contributed by atoms with Gasteiger partial charge < -0.3 is 19.4 Å². The van der Waals surface area contributed by atoms with E-state index in [1.807, 2.05) is 6.92 Å². The Morgan fingerprint density at radius 1 is 1.17 bits per heavy atom. The van der Waals surface area contributed by atoms with Crippen LogP contribution in [0.5, 0.6) is 11.5 Å². The van der Waals surface area contributed by atoms with Crippen molar-refractivity contribution in [2.24, 2.45) is 0 Å². The van der Waals surface area contributed by atoms with Crippen LogP contribution in [0.2, 0.25) is 5.02 Å². The number of carbonyl (C=O) groups is 1. The number of aromatic amines is 1. The molecule has 0 atom stereocenters. The molecular weight excluding hydrogens is 394 g/mol. The predicted octanol–water partition coefficient (Wildman–Crippen LogP) is 3.65. The lowest BCUT2D eigenvalue weighted by molar-refractivity contribution is 0.0735. The Labute approximate surface area is 173 Å². The number of aromatic nitrogens is 2. The molecule has 0 saturated heterocycles. The summed E-state index contributed by atoms with van der Waals surface area (Å²) in [7, 11) is 3.05. The first-order valence-corrected chi connectivity index (χ1v) is 9.54. The molecule has 1 aromatic heterocycles. The summed E-state index contributed by atoms with van der Waals surface area (Å²) in [5.41, 5.74) is 0.627. The second-order valence-electron chi connectivity index (χ2n) is 6.47. The maximum atomic E-state index is 13.2. The van der Waals surface area contributed by atoms with Crippen LogP contribution in [0.1, 0.15) is 29.5 Å². The molecule has 0 fully saturated rings. The molecule has 0 aliphatic carbocycles. The molecule has 0 aliphatic heterocycles. The largest absolute Gasteiger partial charge is 0.497 e. The molecule has 1 N–H and O–H groups in total. The Kier molecular flexibility index (Phi) is 6.39. The monoisotopic (exact) mass is 415 g/mol. The van der Waals surface area contributed by atoms with E-state index in [1.54, 1.807) is 48.4 Å². The molecule has 3 rings (SSSR count). The van der Waals surface area contributed by atoms with Crippen molar-refractivity contribution in [3.8, 4) is 11.5 Å². The van der Waals surface area contributed by atoms with E-state index in [9.17, 15) is 9.59 Å². The lowest BCUT2D eigenvalue weighted by Crippen LogP contribution is -2.33. The highest BCUT2D eigenvalue weighted by Gasteiger charge is 2.21. The molecule has 1 heterocycles. The lowest BCUT2D eigenvalue weighted by atomic mass is 10.1. The zero-order valence-electron chi connectivity index (χ0n) is 16.5. The van der Waals surface area contributed by atoms with Crippen LogP contribution in [0.3, 0.4) is 0 Å². The zero-order valence-corrected chi connectivity index (χ0v) is 17.2. The summed E-state index contributed by atoms with van der Waals surface area (Å²) in [5.74, 6) is 1.18. The van der Waals surface area contributed by atoms with E-state index in [-0.39, 0.29) is 18.0 Å². The molecule has 3 aromatic rings. The Morgan fingerprint density at radius 2 is 1.97 bits per heavy atom. The number of rotatable bonds is 7. The van der Waals surface area contributed by atoms with Gasteiger partial charge in [-0.05, 0) is 36.8 Å². The number of halogens is 1. The quantitative estimate of drug-likeness (QED) is 0.636. The van der Waals surface area contributed by atoms with Crippen molar-refractivity contribution >= 4 is 28.4 Å². The second-order valence-corrected chi connectivity index (χ2v) is 6.90. The van der Waals surface area contributed by atoms with Gasteiger partial charge in [0.2, 0.25) is 0 Å². The number of nitrogens with one attached hydrogen (secondary N) is 1. The van der Waals surface area contributed by atoms with E-state index < -0.39 is 0 Å². The average Bonchev–Trinajstić information content (AvgIpc) is 2.72. The summed E-state index contributed by atoms with van der Waals surface area (Å²) in [5, 5.41) is 0.939. The minimum Gasteiger partial charge on any atom is -0.497 e. The van der Waals surface area contributed by atoms with Gasteiger partial charge in [0.05, 0.1) is 37.2 Å². The average molecular weight is 416 g/mol. The number of nitrogens with zero attached hydrogens (tertiary/aromatic N) is 2. The normalized spacial score (nSPS) is 10.8. The molecule has 29 heavy (non-hydrogen) atoms. The third-order valence-corrected chi connectivity index (χ3v) is 4.71. The highest BCUT2D eigenvalue weighted by molar-refractivity contribution is 6.31. The van der Waals surface area contributed by atoms with Gasteiger partial charge in [0.1, 0.15) is 17.3 Å². The Hall–Kier alpha value is -3.06. The van der Waals surface area contributed by atoms with E-state index in [2.05, 4.69) is 9.97 Å². The van der Waals surface area contributed by atoms with Crippen molar-refractivity contribution in [1.29, 1.82) is 0 Å². The molecule has 2 aromatic carbocycles. The number of benzene rings is 2. The van der Waals surface area contributed by atoms with Gasteiger partial charge in [-0.15, -0.1) is 0 Å². The first kappa shape index (κ1) is 20.7. The molecular formula is C21H22ClN3O4. The molecule has 0 bridgehead atoms. The first-order valence-electron chi connectivity index (χ1n) is 9.16. The van der Waals surface area contributed by atoms with Gasteiger partial charge in [-0.3, -0.25) is 9.59 Å². The number of ether oxygens (including phenoxy) is 2. The Balaban J connectivity index is 1.95. The zero-order chi connectivity index (χ0) is 21.0. The van der Waals surface area contributed by atoms with Crippen LogP contribution in [0.25, 0.3) is 10.9 Å². The standard InChI is InChI=1S/C21H22ClN3O4/c1-4-9-25(21(27)16-8-6-14(28-2)11-18(16)29-3)12-19-23-17-10-13(22)5-7-15(17)20(26)24-19/h5-8,10-11H,4,9,12H2,1-3H3,(H,23,24,26). The topological polar surface area (TPSA) is 84.5 Å². The SMILES string of the molecule is CCCN(Cc1nc2cc(Cl)ccc2c(=O)[nH]1)C(=O)c1ccc(OC)cc1OC. The lowest BCUT2D eigenvalue weighted by Gasteiger charge is -2.23. The van der Waals surface area contributed by atoms with Gasteiger partial charge in [-0.1, -0.05) is 18.5 Å². The van der Waals surface area contributed by atoms with Gasteiger partial charge in [0, 0.05) is 17.6 Å². The number of fused-ring (bicyclic) bond motifs is 1. The summed E-state index contributed by atoms with van der Waals surface area (Å²) in [6.45, 7) is 2.62. The van der Waals surface area contributed by atoms with Crippen molar-refractivity contribution in [2.75, 3.05) is 20.8 Å². The van der Waals surface area contributed by atoms with Gasteiger partial charge in [0.15, 0.2) is 0 Å². The van der Waals surface area contributed by atoms with Crippen molar-refractivity contribution in [3.63, 3.8) is 0 Å². The third kappa shape index (κ3) is 4.51. The minimum atomic E-state index is -0.271. The highest BCUT2D eigenvalue weighted by Crippen LogP contribution is 2.26. The summed E-state index contributed by atoms with van der Waals surface area (Å²) in [6, 6.07) is 9.94. The maximum Gasteiger partial charge on any atom is 0.258 e. The number of amides is 1. The van der Waals surface area contributed by atoms with Crippen LogP contribution in [-0.2, 0) is 6.54 Å². The Morgan fingerprint density at radius 3 is 2.66 bits per heavy atom. The molecule has 0 saturated carbocycles. The van der Waals surface area contributed by atoms with Crippen LogP contribution < -0.4 is 15.0 Å². The molecule has 7 nitrogen and oxygen atoms in total. The predicted molar refractivity (Wildman–Crippen MR) is 112 cm³/mol. The number of hydrogen-bond donors (Lipinski definition) is 1. The van der Waals surface area contributed by atoms with Gasteiger partial charge in [0.25, 0.3) is 11.5 Å². The van der Waals surface area contributed by atoms with Crippen LogP contribution >= 0.6 is 11.6 Å². The van der Waals surface area contributed by atoms with Gasteiger partial charge in [-0.25, -0.2) is 4.98 Å². The van der Waals surface area contributed by atoms with Crippen LogP contribution in [0, 0.1) is 0 Å². The first-order chi connectivity index (χ1) is 14.0. The molecule has 8 heteroatoms. The molecule has 0 radical (unpaired) electrons. The van der Waals surface area contributed by atoms with Crippen molar-refractivity contribution in [2.45, 2.75) is 19.9 Å². The minimum absolute atomic E-state index is 0.152.